The van der Waals surface area contributed by atoms with Crippen molar-refractivity contribution in [3.8, 4) is 0 Å². The summed E-state index contributed by atoms with van der Waals surface area (Å²) in [5, 5.41) is 1.22. The van der Waals surface area contributed by atoms with Gasteiger partial charge in [0.25, 0.3) is 11.8 Å². The van der Waals surface area contributed by atoms with Crippen LogP contribution in [0.3, 0.4) is 0 Å². The number of hydrogen-bond donors (Lipinski definition) is 2. The minimum Gasteiger partial charge on any atom is -0.361 e. The van der Waals surface area contributed by atoms with Crippen molar-refractivity contribution in [2.45, 2.75) is 37.1 Å². The number of fused-ring (bicyclic) bond motifs is 1. The monoisotopic (exact) mass is 455 g/mol. The third kappa shape index (κ3) is 4.41. The Morgan fingerprint density at radius 3 is 2.44 bits per heavy atom. The first-order chi connectivity index (χ1) is 15.2. The molecule has 1 fully saturated rings. The van der Waals surface area contributed by atoms with Crippen LogP contribution in [0.2, 0.25) is 0 Å². The summed E-state index contributed by atoms with van der Waals surface area (Å²) in [5.74, 6) is -2.33. The maximum absolute atomic E-state index is 12.9. The predicted molar refractivity (Wildman–Crippen MR) is 114 cm³/mol. The van der Waals surface area contributed by atoms with Crippen molar-refractivity contribution >= 4 is 38.7 Å². The lowest BCUT2D eigenvalue weighted by Crippen LogP contribution is -2.46. The Morgan fingerprint density at radius 2 is 1.75 bits per heavy atom. The summed E-state index contributed by atoms with van der Waals surface area (Å²) >= 11 is 0. The zero-order valence-electron chi connectivity index (χ0n) is 17.2. The molecular formula is C22H21N3O6S. The fraction of sp³-hybridized carbons (Fsp3) is 0.227. The molecule has 1 saturated heterocycles. The summed E-state index contributed by atoms with van der Waals surface area (Å²) in [7, 11) is -4.09. The molecular weight excluding hydrogens is 434 g/mol. The van der Waals surface area contributed by atoms with Gasteiger partial charge in [-0.3, -0.25) is 9.59 Å². The van der Waals surface area contributed by atoms with E-state index in [-0.39, 0.29) is 24.2 Å². The van der Waals surface area contributed by atoms with Crippen LogP contribution in [0.25, 0.3) is 10.9 Å². The number of aryl methyl sites for hydroxylation is 1. The van der Waals surface area contributed by atoms with Crippen molar-refractivity contribution in [3.63, 3.8) is 0 Å². The predicted octanol–water partition coefficient (Wildman–Crippen LogP) is 1.97. The van der Waals surface area contributed by atoms with Crippen molar-refractivity contribution in [3.05, 3.63) is 65.9 Å². The second-order valence-electron chi connectivity index (χ2n) is 7.54. The van der Waals surface area contributed by atoms with Gasteiger partial charge >= 0.3 is 5.97 Å². The Kier molecular flexibility index (Phi) is 5.81. The van der Waals surface area contributed by atoms with Crippen LogP contribution in [-0.4, -0.2) is 42.3 Å². The molecule has 0 spiro atoms. The summed E-state index contributed by atoms with van der Waals surface area (Å²) in [4.78, 5) is 44.7. The Morgan fingerprint density at radius 1 is 1.09 bits per heavy atom. The molecule has 0 unspecified atom stereocenters. The molecule has 1 aliphatic heterocycles. The van der Waals surface area contributed by atoms with E-state index in [1.165, 1.54) is 12.1 Å². The number of aromatic nitrogens is 1. The van der Waals surface area contributed by atoms with Crippen molar-refractivity contribution in [2.24, 2.45) is 0 Å². The van der Waals surface area contributed by atoms with Gasteiger partial charge in [0.2, 0.25) is 10.0 Å². The van der Waals surface area contributed by atoms with Gasteiger partial charge in [0.1, 0.15) is 6.04 Å². The number of aromatic amines is 1. The SMILES string of the molecule is Cc1ccc(S(=O)(=O)N[C@@H](Cc2c[nH]c3ccccc23)C(=O)ON2C(=O)CCC2=O)cc1. The van der Waals surface area contributed by atoms with Gasteiger partial charge in [0, 0.05) is 36.4 Å². The Labute approximate surface area is 184 Å². The number of sulfonamides is 1. The number of amides is 2. The second-order valence-corrected chi connectivity index (χ2v) is 9.26. The van der Waals surface area contributed by atoms with Gasteiger partial charge in [0.05, 0.1) is 4.90 Å². The molecule has 0 saturated carbocycles. The van der Waals surface area contributed by atoms with Gasteiger partial charge in [0.15, 0.2) is 0 Å². The van der Waals surface area contributed by atoms with Crippen LogP contribution in [0, 0.1) is 6.92 Å². The zero-order chi connectivity index (χ0) is 22.9. The second kappa shape index (κ2) is 8.56. The van der Waals surface area contributed by atoms with Crippen molar-refractivity contribution in [2.75, 3.05) is 0 Å². The third-order valence-corrected chi connectivity index (χ3v) is 6.69. The van der Waals surface area contributed by atoms with Crippen LogP contribution < -0.4 is 4.72 Å². The first-order valence-electron chi connectivity index (χ1n) is 9.96. The van der Waals surface area contributed by atoms with Gasteiger partial charge in [-0.25, -0.2) is 13.2 Å². The minimum absolute atomic E-state index is 0.0202. The van der Waals surface area contributed by atoms with Crippen LogP contribution >= 0.6 is 0 Å². The van der Waals surface area contributed by atoms with E-state index >= 15 is 0 Å². The normalized spacial score (nSPS) is 15.3. The van der Waals surface area contributed by atoms with Crippen LogP contribution in [0.1, 0.15) is 24.0 Å². The molecule has 0 bridgehead atoms. The van der Waals surface area contributed by atoms with Crippen LogP contribution in [0.5, 0.6) is 0 Å². The molecule has 1 atom stereocenters. The molecule has 10 heteroatoms. The molecule has 4 rings (SSSR count). The highest BCUT2D eigenvalue weighted by atomic mass is 32.2. The smallest absolute Gasteiger partial charge is 0.351 e. The minimum atomic E-state index is -4.09. The average molecular weight is 455 g/mol. The maximum atomic E-state index is 12.9. The van der Waals surface area contributed by atoms with Crippen LogP contribution in [-0.2, 0) is 35.7 Å². The number of para-hydroxylation sites is 1. The largest absolute Gasteiger partial charge is 0.361 e. The van der Waals surface area contributed by atoms with E-state index in [0.29, 0.717) is 10.6 Å². The first kappa shape index (κ1) is 21.7. The standard InChI is InChI=1S/C22H21N3O6S/c1-14-6-8-16(9-7-14)32(29,30)24-19(22(28)31-25-20(26)10-11-21(25)27)12-15-13-23-18-5-3-2-4-17(15)18/h2-9,13,19,23-24H,10-12H2,1H3/t19-/m0/s1. The number of hydrogen-bond acceptors (Lipinski definition) is 6. The van der Waals surface area contributed by atoms with E-state index in [9.17, 15) is 22.8 Å². The number of benzene rings is 2. The van der Waals surface area contributed by atoms with E-state index in [4.69, 9.17) is 4.84 Å². The quantitative estimate of drug-likeness (QED) is 0.525. The van der Waals surface area contributed by atoms with Gasteiger partial charge in [-0.1, -0.05) is 35.9 Å². The Balaban J connectivity index is 1.64. The number of carbonyl (C=O) groups is 3. The fourth-order valence-electron chi connectivity index (χ4n) is 3.48. The van der Waals surface area contributed by atoms with E-state index in [2.05, 4.69) is 9.71 Å². The van der Waals surface area contributed by atoms with Gasteiger partial charge in [-0.2, -0.15) is 4.72 Å². The summed E-state index contributed by atoms with van der Waals surface area (Å²) in [6.07, 6.45) is 1.50. The molecule has 1 aromatic heterocycles. The lowest BCUT2D eigenvalue weighted by Gasteiger charge is -2.20. The third-order valence-electron chi connectivity index (χ3n) is 5.20. The summed E-state index contributed by atoms with van der Waals surface area (Å²) in [5.41, 5.74) is 2.37. The molecule has 1 aliphatic rings. The van der Waals surface area contributed by atoms with Gasteiger partial charge < -0.3 is 9.82 Å². The fourth-order valence-corrected chi connectivity index (χ4v) is 4.66. The van der Waals surface area contributed by atoms with Crippen LogP contribution in [0.4, 0.5) is 0 Å². The van der Waals surface area contributed by atoms with Gasteiger partial charge in [-0.15, -0.1) is 5.06 Å². The molecule has 2 aromatic carbocycles. The number of carbonyl (C=O) groups excluding carboxylic acids is 3. The van der Waals surface area contributed by atoms with Crippen molar-refractivity contribution in [1.82, 2.24) is 14.8 Å². The Hall–Kier alpha value is -3.50. The van der Waals surface area contributed by atoms with Gasteiger partial charge in [-0.05, 0) is 30.7 Å². The number of rotatable bonds is 7. The Bertz CT molecular complexity index is 1280. The van der Waals surface area contributed by atoms with E-state index in [1.807, 2.05) is 31.2 Å². The molecule has 0 radical (unpaired) electrons. The number of nitrogens with zero attached hydrogens (tertiary/aromatic N) is 1. The molecule has 2 amide bonds. The summed E-state index contributed by atoms with van der Waals surface area (Å²) in [6.45, 7) is 1.82. The highest BCUT2D eigenvalue weighted by molar-refractivity contribution is 7.89. The first-order valence-corrected chi connectivity index (χ1v) is 11.4. The zero-order valence-corrected chi connectivity index (χ0v) is 18.0. The summed E-state index contributed by atoms with van der Waals surface area (Å²) in [6, 6.07) is 12.1. The highest BCUT2D eigenvalue weighted by Gasteiger charge is 2.36. The highest BCUT2D eigenvalue weighted by Crippen LogP contribution is 2.21. The maximum Gasteiger partial charge on any atom is 0.351 e. The molecule has 2 heterocycles. The molecule has 166 valence electrons. The molecule has 9 nitrogen and oxygen atoms in total. The van der Waals surface area contributed by atoms with E-state index < -0.39 is 33.8 Å². The lowest BCUT2D eigenvalue weighted by atomic mass is 10.1. The number of imide groups is 1. The average Bonchev–Trinajstić information content (AvgIpc) is 3.31. The number of H-pyrrole nitrogens is 1. The van der Waals surface area contributed by atoms with Crippen molar-refractivity contribution in [1.29, 1.82) is 0 Å². The van der Waals surface area contributed by atoms with Crippen LogP contribution in [0.15, 0.2) is 59.6 Å². The molecule has 2 N–H and O–H groups in total. The number of hydroxylamine groups is 2. The number of nitrogens with one attached hydrogen (secondary N) is 2. The summed E-state index contributed by atoms with van der Waals surface area (Å²) < 4.78 is 28.3. The molecule has 0 aliphatic carbocycles. The van der Waals surface area contributed by atoms with Crippen molar-refractivity contribution < 1.29 is 27.6 Å². The molecule has 32 heavy (non-hydrogen) atoms. The van der Waals surface area contributed by atoms with E-state index in [0.717, 1.165) is 16.5 Å². The lowest BCUT2D eigenvalue weighted by molar-refractivity contribution is -0.198. The van der Waals surface area contributed by atoms with E-state index in [1.54, 1.807) is 18.3 Å². The topological polar surface area (TPSA) is 126 Å². The molecule has 3 aromatic rings.